The highest BCUT2D eigenvalue weighted by Gasteiger charge is 2.63. The molecule has 0 radical (unpaired) electrons. The van der Waals surface area contributed by atoms with Gasteiger partial charge in [0.05, 0.1) is 35.1 Å². The van der Waals surface area contributed by atoms with Crippen LogP contribution < -0.4 is 4.74 Å². The van der Waals surface area contributed by atoms with E-state index in [1.807, 2.05) is 18.2 Å². The van der Waals surface area contributed by atoms with E-state index in [0.717, 1.165) is 0 Å². The molecule has 2 aromatic carbocycles. The fraction of sp³-hybridized carbons (Fsp3) is 0.231. The Bertz CT molecular complexity index is 1530. The average Bonchev–Trinajstić information content (AvgIpc) is 3.39. The highest BCUT2D eigenvalue weighted by molar-refractivity contribution is 6.09. The third-order valence-corrected chi connectivity index (χ3v) is 6.20. The number of para-hydroxylation sites is 1. The van der Waals surface area contributed by atoms with Gasteiger partial charge in [-0.15, -0.1) is 0 Å². The maximum Gasteiger partial charge on any atom is 0.438 e. The van der Waals surface area contributed by atoms with E-state index in [4.69, 9.17) is 9.72 Å². The summed E-state index contributed by atoms with van der Waals surface area (Å²) < 4.78 is 48.5. The maximum absolute atomic E-state index is 13.9. The molecule has 4 aromatic rings. The van der Waals surface area contributed by atoms with Crippen LogP contribution in [0.1, 0.15) is 29.4 Å². The standard InChI is InChI=1S/C26H22F3N5O3/c1-15-14-25(36,26(27,28)29)34(31-15)24(35)20-13-21(17-9-11-19(37-3)12-10-17)30-23-22(20)16(2)32-33(23)18-7-5-4-6-8-18/h4-13,36H,14H2,1-3H3/t25-/m1/s1. The second-order valence-corrected chi connectivity index (χ2v) is 8.76. The quantitative estimate of drug-likeness (QED) is 0.424. The summed E-state index contributed by atoms with van der Waals surface area (Å²) in [6.45, 7) is 2.97. The summed E-state index contributed by atoms with van der Waals surface area (Å²) in [4.78, 5) is 18.5. The SMILES string of the molecule is COc1ccc(-c2cc(C(=O)N3N=C(C)C[C@@]3(O)C(F)(F)F)c3c(C)nn(-c4ccccc4)c3n2)cc1. The van der Waals surface area contributed by atoms with Gasteiger partial charge in [-0.3, -0.25) is 4.79 Å². The average molecular weight is 509 g/mol. The number of aromatic nitrogens is 3. The van der Waals surface area contributed by atoms with Gasteiger partial charge in [0.1, 0.15) is 5.75 Å². The maximum atomic E-state index is 13.9. The molecular weight excluding hydrogens is 487 g/mol. The van der Waals surface area contributed by atoms with Crippen molar-refractivity contribution in [3.05, 3.63) is 71.9 Å². The van der Waals surface area contributed by atoms with Crippen LogP contribution in [0.15, 0.2) is 65.8 Å². The second-order valence-electron chi connectivity index (χ2n) is 8.76. The van der Waals surface area contributed by atoms with E-state index in [9.17, 15) is 23.1 Å². The number of alkyl halides is 3. The number of aryl methyl sites for hydroxylation is 1. The molecule has 1 amide bonds. The summed E-state index contributed by atoms with van der Waals surface area (Å²) in [5.41, 5.74) is -1.37. The number of carbonyl (C=O) groups excluding carboxylic acids is 1. The summed E-state index contributed by atoms with van der Waals surface area (Å²) in [7, 11) is 1.53. The van der Waals surface area contributed by atoms with Crippen molar-refractivity contribution >= 4 is 22.7 Å². The zero-order chi connectivity index (χ0) is 26.5. The molecule has 5 rings (SSSR count). The number of rotatable bonds is 4. The molecule has 0 saturated carbocycles. The Morgan fingerprint density at radius 1 is 1.08 bits per heavy atom. The van der Waals surface area contributed by atoms with E-state index in [1.54, 1.807) is 43.3 Å². The molecule has 11 heteroatoms. The van der Waals surface area contributed by atoms with Crippen LogP contribution >= 0.6 is 0 Å². The number of pyridine rings is 1. The lowest BCUT2D eigenvalue weighted by atomic mass is 10.0. The number of benzene rings is 2. The highest BCUT2D eigenvalue weighted by atomic mass is 19.4. The van der Waals surface area contributed by atoms with E-state index in [2.05, 4.69) is 10.2 Å². The van der Waals surface area contributed by atoms with Crippen LogP contribution in [0, 0.1) is 6.92 Å². The lowest BCUT2D eigenvalue weighted by molar-refractivity contribution is -0.297. The molecule has 3 heterocycles. The van der Waals surface area contributed by atoms with Gasteiger partial charge >= 0.3 is 6.18 Å². The van der Waals surface area contributed by atoms with Crippen molar-refractivity contribution in [2.45, 2.75) is 32.2 Å². The number of nitrogens with zero attached hydrogens (tertiary/aromatic N) is 5. The van der Waals surface area contributed by atoms with Crippen LogP contribution in [0.25, 0.3) is 28.0 Å². The first-order chi connectivity index (χ1) is 17.5. The number of methoxy groups -OCH3 is 1. The lowest BCUT2D eigenvalue weighted by Gasteiger charge is -2.32. The molecule has 1 aliphatic rings. The highest BCUT2D eigenvalue weighted by Crippen LogP contribution is 2.42. The predicted octanol–water partition coefficient (Wildman–Crippen LogP) is 4.88. The van der Waals surface area contributed by atoms with Crippen molar-refractivity contribution in [2.75, 3.05) is 7.11 Å². The Labute approximate surface area is 209 Å². The van der Waals surface area contributed by atoms with Crippen molar-refractivity contribution in [1.82, 2.24) is 19.8 Å². The summed E-state index contributed by atoms with van der Waals surface area (Å²) in [6, 6.07) is 17.3. The zero-order valence-corrected chi connectivity index (χ0v) is 20.1. The molecule has 0 bridgehead atoms. The van der Waals surface area contributed by atoms with Gasteiger partial charge in [-0.25, -0.2) is 9.67 Å². The first kappa shape index (κ1) is 24.4. The van der Waals surface area contributed by atoms with Crippen LogP contribution in [0.2, 0.25) is 0 Å². The Balaban J connectivity index is 1.76. The van der Waals surface area contributed by atoms with Crippen LogP contribution in [-0.4, -0.2) is 55.5 Å². The monoisotopic (exact) mass is 509 g/mol. The fourth-order valence-corrected chi connectivity index (χ4v) is 4.38. The molecule has 8 nitrogen and oxygen atoms in total. The molecule has 0 fully saturated rings. The molecule has 37 heavy (non-hydrogen) atoms. The van der Waals surface area contributed by atoms with Crippen molar-refractivity contribution < 1.29 is 27.8 Å². The Morgan fingerprint density at radius 3 is 2.38 bits per heavy atom. The molecule has 1 N–H and O–H groups in total. The normalized spacial score (nSPS) is 17.8. The summed E-state index contributed by atoms with van der Waals surface area (Å²) in [5, 5.41) is 19.3. The third-order valence-electron chi connectivity index (χ3n) is 6.20. The largest absolute Gasteiger partial charge is 0.497 e. The van der Waals surface area contributed by atoms with Gasteiger partial charge < -0.3 is 9.84 Å². The van der Waals surface area contributed by atoms with Crippen LogP contribution in [0.3, 0.4) is 0 Å². The van der Waals surface area contributed by atoms with E-state index in [0.29, 0.717) is 28.4 Å². The first-order valence-corrected chi connectivity index (χ1v) is 11.3. The van der Waals surface area contributed by atoms with Gasteiger partial charge in [0.25, 0.3) is 11.6 Å². The van der Waals surface area contributed by atoms with E-state index < -0.39 is 24.2 Å². The molecule has 0 aliphatic carbocycles. The minimum atomic E-state index is -5.13. The number of carbonyl (C=O) groups is 1. The molecule has 0 saturated heterocycles. The number of ether oxygens (including phenoxy) is 1. The minimum Gasteiger partial charge on any atom is -0.497 e. The van der Waals surface area contributed by atoms with Gasteiger partial charge in [0.15, 0.2) is 5.65 Å². The Kier molecular flexibility index (Phi) is 5.75. The van der Waals surface area contributed by atoms with Crippen LogP contribution in [0.4, 0.5) is 13.2 Å². The van der Waals surface area contributed by atoms with E-state index in [1.165, 1.54) is 24.8 Å². The number of halogens is 3. The van der Waals surface area contributed by atoms with Crippen molar-refractivity contribution in [3.63, 3.8) is 0 Å². The molecule has 1 atom stereocenters. The van der Waals surface area contributed by atoms with Crippen LogP contribution in [-0.2, 0) is 0 Å². The van der Waals surface area contributed by atoms with E-state index in [-0.39, 0.29) is 27.3 Å². The smallest absolute Gasteiger partial charge is 0.438 e. The fourth-order valence-electron chi connectivity index (χ4n) is 4.38. The lowest BCUT2D eigenvalue weighted by Crippen LogP contribution is -2.56. The molecule has 0 unspecified atom stereocenters. The van der Waals surface area contributed by atoms with Crippen LogP contribution in [0.5, 0.6) is 5.75 Å². The number of hydrazone groups is 1. The third kappa shape index (κ3) is 4.01. The number of fused-ring (bicyclic) bond motifs is 1. The van der Waals surface area contributed by atoms with Gasteiger partial charge in [0.2, 0.25) is 0 Å². The van der Waals surface area contributed by atoms with Crippen molar-refractivity contribution in [2.24, 2.45) is 5.10 Å². The van der Waals surface area contributed by atoms with Gasteiger partial charge in [-0.1, -0.05) is 18.2 Å². The summed E-state index contributed by atoms with van der Waals surface area (Å²) >= 11 is 0. The van der Waals surface area contributed by atoms with Gasteiger partial charge in [0, 0.05) is 17.7 Å². The Morgan fingerprint density at radius 2 is 1.76 bits per heavy atom. The molecule has 2 aromatic heterocycles. The predicted molar refractivity (Wildman–Crippen MR) is 130 cm³/mol. The molecule has 190 valence electrons. The number of amides is 1. The van der Waals surface area contributed by atoms with E-state index >= 15 is 0 Å². The van der Waals surface area contributed by atoms with Gasteiger partial charge in [-0.2, -0.15) is 28.4 Å². The molecular formula is C26H22F3N5O3. The Hall–Kier alpha value is -4.25. The number of hydrogen-bond donors (Lipinski definition) is 1. The number of aliphatic hydroxyl groups is 1. The minimum absolute atomic E-state index is 0.0226. The topological polar surface area (TPSA) is 92.8 Å². The molecule has 1 aliphatic heterocycles. The molecule has 0 spiro atoms. The van der Waals surface area contributed by atoms with Crippen molar-refractivity contribution in [3.8, 4) is 22.7 Å². The van der Waals surface area contributed by atoms with Crippen molar-refractivity contribution in [1.29, 1.82) is 0 Å². The summed E-state index contributed by atoms with van der Waals surface area (Å²) in [5.74, 6) is -0.516. The van der Waals surface area contributed by atoms with Gasteiger partial charge in [-0.05, 0) is 56.3 Å². The summed E-state index contributed by atoms with van der Waals surface area (Å²) in [6.07, 6.45) is -5.97. The zero-order valence-electron chi connectivity index (χ0n) is 20.1. The number of hydrogen-bond acceptors (Lipinski definition) is 6. The first-order valence-electron chi connectivity index (χ1n) is 11.3. The second kappa shape index (κ2) is 8.70.